The van der Waals surface area contributed by atoms with E-state index in [9.17, 15) is 4.39 Å². The molecule has 0 heterocycles. The van der Waals surface area contributed by atoms with Crippen LogP contribution in [-0.2, 0) is 0 Å². The van der Waals surface area contributed by atoms with Crippen molar-refractivity contribution in [3.8, 4) is 5.75 Å². The fourth-order valence-electron chi connectivity index (χ4n) is 0.356. The number of rotatable bonds is 1. The molecule has 48 valence electrons. The van der Waals surface area contributed by atoms with Crippen LogP contribution in [0.25, 0.3) is 0 Å². The highest BCUT2D eigenvalue weighted by Crippen LogP contribution is 2.09. The molecule has 2 heteroatoms. The van der Waals surface area contributed by atoms with Crippen LogP contribution in [0.1, 0.15) is 9.60 Å². The second-order valence-electron chi connectivity index (χ2n) is 1.25. The summed E-state index contributed by atoms with van der Waals surface area (Å²) in [5.74, 6) is -2.22. The third-order valence-electron chi connectivity index (χ3n) is 0.674. The number of methoxy groups -OCH3 is 1. The summed E-state index contributed by atoms with van der Waals surface area (Å²) in [6, 6.07) is -3.52. The minimum atomic E-state index is -2.94. The van der Waals surface area contributed by atoms with Crippen molar-refractivity contribution in [2.24, 2.45) is 0 Å². The van der Waals surface area contributed by atoms with Crippen LogP contribution >= 0.6 is 0 Å². The van der Waals surface area contributed by atoms with E-state index in [1.807, 2.05) is 0 Å². The van der Waals surface area contributed by atoms with Crippen molar-refractivity contribution in [2.45, 2.75) is 0 Å². The van der Waals surface area contributed by atoms with Crippen molar-refractivity contribution < 1.29 is 18.7 Å². The van der Waals surface area contributed by atoms with Crippen molar-refractivity contribution in [3.05, 3.63) is 30.0 Å². The zero-order valence-electron chi connectivity index (χ0n) is 11.3. The maximum atomic E-state index is 13.2. The Hall–Kier alpha value is -1.05. The molecular weight excluding hydrogens is 119 g/mol. The van der Waals surface area contributed by atoms with Gasteiger partial charge in [0, 0.05) is 6.04 Å². The normalized spacial score (nSPS) is 21.7. The molecule has 1 rings (SSSR count). The molecule has 0 amide bonds. The lowest BCUT2D eigenvalue weighted by atomic mass is 10.3. The lowest BCUT2D eigenvalue weighted by molar-refractivity contribution is 0.411. The van der Waals surface area contributed by atoms with Gasteiger partial charge in [-0.05, 0) is 12.1 Å². The van der Waals surface area contributed by atoms with E-state index in [4.69, 9.17) is 9.60 Å². The topological polar surface area (TPSA) is 9.23 Å². The van der Waals surface area contributed by atoms with Crippen LogP contribution < -0.4 is 4.74 Å². The average molecular weight is 133 g/mol. The van der Waals surface area contributed by atoms with Crippen LogP contribution in [0.5, 0.6) is 5.75 Å². The Labute approximate surface area is 62.9 Å². The summed E-state index contributed by atoms with van der Waals surface area (Å²) in [5, 5.41) is 0. The molecule has 0 aliphatic heterocycles. The fraction of sp³-hybridized carbons (Fsp3) is 0.143. The molecule has 1 aromatic carbocycles. The summed E-state index contributed by atoms with van der Waals surface area (Å²) in [5.41, 5.74) is 0. The van der Waals surface area contributed by atoms with Crippen molar-refractivity contribution in [2.75, 3.05) is 7.04 Å². The van der Waals surface area contributed by atoms with Crippen molar-refractivity contribution in [3.63, 3.8) is 0 Å². The van der Waals surface area contributed by atoms with E-state index in [2.05, 4.69) is 4.74 Å². The van der Waals surface area contributed by atoms with Crippen LogP contribution in [0.4, 0.5) is 4.39 Å². The monoisotopic (exact) mass is 133 g/mol. The molecule has 0 saturated carbocycles. The van der Waals surface area contributed by atoms with Crippen molar-refractivity contribution >= 4 is 0 Å². The highest BCUT2D eigenvalue weighted by Gasteiger charge is 1.90. The molecule has 0 spiro atoms. The zero-order chi connectivity index (χ0) is 12.7. The second kappa shape index (κ2) is 2.49. The van der Waals surface area contributed by atoms with Crippen LogP contribution in [0, 0.1) is 5.82 Å². The van der Waals surface area contributed by atoms with Gasteiger partial charge in [0.05, 0.1) is 16.6 Å². The minimum Gasteiger partial charge on any atom is -0.497 e. The van der Waals surface area contributed by atoms with E-state index in [1.54, 1.807) is 0 Å². The first-order valence-electron chi connectivity index (χ1n) is 5.60. The van der Waals surface area contributed by atoms with Gasteiger partial charge in [-0.15, -0.1) is 0 Å². The van der Waals surface area contributed by atoms with Gasteiger partial charge in [-0.3, -0.25) is 0 Å². The molecule has 0 radical (unpaired) electrons. The highest BCUT2D eigenvalue weighted by molar-refractivity contribution is 5.21. The number of hydrogen-bond donors (Lipinski definition) is 0. The Morgan fingerprint density at radius 3 is 3.44 bits per heavy atom. The molecule has 0 aromatic heterocycles. The Kier molecular flexibility index (Phi) is 0.474. The number of ether oxygens (including phenoxy) is 1. The zero-order valence-corrected chi connectivity index (χ0v) is 4.29. The largest absolute Gasteiger partial charge is 0.497 e. The second-order valence-corrected chi connectivity index (χ2v) is 1.25. The number of hydrogen-bond acceptors (Lipinski definition) is 1. The maximum Gasteiger partial charge on any atom is 0.126 e. The van der Waals surface area contributed by atoms with E-state index in [-0.39, 0.29) is 0 Å². The van der Waals surface area contributed by atoms with Gasteiger partial charge in [0.25, 0.3) is 0 Å². The molecule has 1 aromatic rings. The van der Waals surface area contributed by atoms with E-state index < -0.39 is 42.8 Å². The van der Waals surface area contributed by atoms with Gasteiger partial charge in [-0.25, -0.2) is 4.39 Å². The third kappa shape index (κ3) is 1.42. The number of benzene rings is 1. The fourth-order valence-corrected chi connectivity index (χ4v) is 0.356. The third-order valence-corrected chi connectivity index (χ3v) is 0.674. The molecule has 9 heavy (non-hydrogen) atoms. The van der Waals surface area contributed by atoms with E-state index >= 15 is 0 Å². The van der Waals surface area contributed by atoms with Crippen molar-refractivity contribution in [1.29, 1.82) is 0 Å². The van der Waals surface area contributed by atoms with Crippen molar-refractivity contribution in [1.82, 2.24) is 0 Å². The molecule has 0 saturated heterocycles. The Morgan fingerprint density at radius 2 is 2.67 bits per heavy atom. The summed E-state index contributed by atoms with van der Waals surface area (Å²) in [6.07, 6.45) is 0. The molecule has 0 bridgehead atoms. The molecule has 0 aliphatic rings. The average Bonchev–Trinajstić information content (AvgIpc) is 2.17. The predicted octanol–water partition coefficient (Wildman–Crippen LogP) is 1.83. The maximum absolute atomic E-state index is 13.2. The van der Waals surface area contributed by atoms with Crippen LogP contribution in [0.3, 0.4) is 0 Å². The standard InChI is InChI=1S/C7H7FO/c1-9-7-4-2-3-6(8)5-7/h2-5H,1H3/i1D3,2D,3D,4D,5D. The molecular formula is C7H7FO. The van der Waals surface area contributed by atoms with Gasteiger partial charge in [0.15, 0.2) is 0 Å². The summed E-state index contributed by atoms with van der Waals surface area (Å²) in [7, 11) is -2.94. The van der Waals surface area contributed by atoms with Crippen LogP contribution in [0.2, 0.25) is 0 Å². The molecule has 0 aliphatic carbocycles. The van der Waals surface area contributed by atoms with Gasteiger partial charge < -0.3 is 4.74 Å². The summed E-state index contributed by atoms with van der Waals surface area (Å²) >= 11 is 0. The molecule has 0 fully saturated rings. The SMILES string of the molecule is [2H]c1c([2H])c(F)c([2H])c(OC([2H])([2H])[2H])c1[2H]. The molecule has 0 unspecified atom stereocenters. The molecule has 1 nitrogen and oxygen atoms in total. The highest BCUT2D eigenvalue weighted by atomic mass is 19.1. The molecule has 0 atom stereocenters. The first-order chi connectivity index (χ1) is 7.15. The quantitative estimate of drug-likeness (QED) is 0.568. The smallest absolute Gasteiger partial charge is 0.126 e. The van der Waals surface area contributed by atoms with Gasteiger partial charge >= 0.3 is 0 Å². The minimum absolute atomic E-state index is 0.785. The first kappa shape index (κ1) is 1.72. The Balaban J connectivity index is 3.40. The van der Waals surface area contributed by atoms with Crippen LogP contribution in [-0.4, -0.2) is 7.04 Å². The van der Waals surface area contributed by atoms with Gasteiger partial charge in [0.2, 0.25) is 0 Å². The lowest BCUT2D eigenvalue weighted by Crippen LogP contribution is -1.81. The summed E-state index contributed by atoms with van der Waals surface area (Å²) in [6.45, 7) is 0. The predicted molar refractivity (Wildman–Crippen MR) is 33.0 cm³/mol. The van der Waals surface area contributed by atoms with Gasteiger partial charge in [0.1, 0.15) is 11.6 Å². The number of halogens is 1. The first-order valence-corrected chi connectivity index (χ1v) is 2.10. The van der Waals surface area contributed by atoms with Gasteiger partial charge in [-0.1, -0.05) is 6.04 Å². The Morgan fingerprint density at radius 1 is 1.78 bits per heavy atom. The Bertz CT molecular complexity index is 399. The summed E-state index contributed by atoms with van der Waals surface area (Å²) in [4.78, 5) is 0. The van der Waals surface area contributed by atoms with Crippen LogP contribution in [0.15, 0.2) is 24.2 Å². The summed E-state index contributed by atoms with van der Waals surface area (Å²) < 4.78 is 66.4. The van der Waals surface area contributed by atoms with E-state index in [1.165, 1.54) is 0 Å². The lowest BCUT2D eigenvalue weighted by Gasteiger charge is -1.95. The van der Waals surface area contributed by atoms with E-state index in [0.29, 0.717) is 0 Å². The van der Waals surface area contributed by atoms with Gasteiger partial charge in [-0.2, -0.15) is 0 Å². The molecule has 0 N–H and O–H groups in total. The van der Waals surface area contributed by atoms with E-state index in [0.717, 1.165) is 0 Å².